The predicted molar refractivity (Wildman–Crippen MR) is 92.9 cm³/mol. The van der Waals surface area contributed by atoms with Gasteiger partial charge in [0.05, 0.1) is 5.69 Å². The van der Waals surface area contributed by atoms with E-state index in [2.05, 4.69) is 17.2 Å². The van der Waals surface area contributed by atoms with Crippen molar-refractivity contribution in [3.05, 3.63) is 10.6 Å². The van der Waals surface area contributed by atoms with Crippen LogP contribution in [0.3, 0.4) is 0 Å². The first-order valence-corrected chi connectivity index (χ1v) is 9.66. The second kappa shape index (κ2) is 7.62. The molecule has 0 aromatic carbocycles. The van der Waals surface area contributed by atoms with Gasteiger partial charge in [-0.3, -0.25) is 5.32 Å². The van der Waals surface area contributed by atoms with Crippen molar-refractivity contribution in [2.75, 3.05) is 25.0 Å². The van der Waals surface area contributed by atoms with Crippen LogP contribution < -0.4 is 5.32 Å². The molecule has 2 amide bonds. The Bertz CT molecular complexity index is 546. The molecular weight excluding hydrogens is 310 g/mol. The molecule has 3 rings (SSSR count). The van der Waals surface area contributed by atoms with E-state index in [1.165, 1.54) is 29.8 Å². The number of hydrogen-bond donors (Lipinski definition) is 2. The summed E-state index contributed by atoms with van der Waals surface area (Å²) >= 11 is 1.64. The zero-order valence-corrected chi connectivity index (χ0v) is 14.7. The van der Waals surface area contributed by atoms with Crippen molar-refractivity contribution in [3.63, 3.8) is 0 Å². The molecule has 1 fully saturated rings. The molecule has 0 saturated carbocycles. The lowest BCUT2D eigenvalue weighted by Crippen LogP contribution is -2.43. The maximum Gasteiger partial charge on any atom is 0.323 e. The number of carbonyl (C=O) groups is 1. The summed E-state index contributed by atoms with van der Waals surface area (Å²) in [5.41, 5.74) is 1.18. The van der Waals surface area contributed by atoms with Gasteiger partial charge in [0, 0.05) is 24.6 Å². The summed E-state index contributed by atoms with van der Waals surface area (Å²) in [6.07, 6.45) is 7.88. The smallest absolute Gasteiger partial charge is 0.323 e. The van der Waals surface area contributed by atoms with Gasteiger partial charge >= 0.3 is 6.03 Å². The second-order valence-electron chi connectivity index (χ2n) is 6.85. The van der Waals surface area contributed by atoms with Gasteiger partial charge < -0.3 is 10.0 Å². The van der Waals surface area contributed by atoms with Crippen molar-refractivity contribution in [1.82, 2.24) is 9.88 Å². The molecule has 23 heavy (non-hydrogen) atoms. The minimum Gasteiger partial charge on any atom is -0.396 e. The van der Waals surface area contributed by atoms with Gasteiger partial charge in [-0.15, -0.1) is 11.3 Å². The number of fused-ring (bicyclic) bond motifs is 1. The van der Waals surface area contributed by atoms with Crippen LogP contribution in [-0.2, 0) is 12.8 Å². The number of aliphatic hydroxyl groups excluding tert-OH is 1. The number of amides is 2. The fourth-order valence-corrected chi connectivity index (χ4v) is 4.83. The SMILES string of the molecule is CCC[C@@H]1CCc2nc(NC(=O)N3CCC[C@H](CO)C3)sc2C1. The molecule has 1 saturated heterocycles. The van der Waals surface area contributed by atoms with Crippen molar-refractivity contribution in [3.8, 4) is 0 Å². The molecule has 1 aromatic rings. The monoisotopic (exact) mass is 337 g/mol. The number of thiazole rings is 1. The number of aryl methyl sites for hydroxylation is 1. The van der Waals surface area contributed by atoms with Crippen LogP contribution >= 0.6 is 11.3 Å². The second-order valence-corrected chi connectivity index (χ2v) is 7.94. The highest BCUT2D eigenvalue weighted by Crippen LogP contribution is 2.34. The predicted octanol–water partition coefficient (Wildman–Crippen LogP) is 3.28. The number of nitrogens with zero attached hydrogens (tertiary/aromatic N) is 2. The molecule has 2 N–H and O–H groups in total. The zero-order valence-electron chi connectivity index (χ0n) is 13.9. The summed E-state index contributed by atoms with van der Waals surface area (Å²) in [6.45, 7) is 3.82. The van der Waals surface area contributed by atoms with Gasteiger partial charge in [0.2, 0.25) is 0 Å². The van der Waals surface area contributed by atoms with E-state index in [0.717, 1.165) is 43.3 Å². The molecule has 1 aliphatic carbocycles. The van der Waals surface area contributed by atoms with Gasteiger partial charge in [0.15, 0.2) is 5.13 Å². The molecule has 2 aliphatic rings. The lowest BCUT2D eigenvalue weighted by Gasteiger charge is -2.31. The minimum absolute atomic E-state index is 0.0700. The Labute approximate surface area is 142 Å². The minimum atomic E-state index is -0.0700. The molecule has 5 nitrogen and oxygen atoms in total. The first-order valence-electron chi connectivity index (χ1n) is 8.85. The lowest BCUT2D eigenvalue weighted by molar-refractivity contribution is 0.136. The quantitative estimate of drug-likeness (QED) is 0.886. The summed E-state index contributed by atoms with van der Waals surface area (Å²) < 4.78 is 0. The number of aromatic nitrogens is 1. The molecule has 128 valence electrons. The highest BCUT2D eigenvalue weighted by Gasteiger charge is 2.26. The normalized spacial score (nSPS) is 24.3. The van der Waals surface area contributed by atoms with Crippen molar-refractivity contribution >= 4 is 22.5 Å². The standard InChI is InChI=1S/C17H27N3O2S/c1-2-4-12-6-7-14-15(9-12)23-16(18-14)19-17(22)20-8-3-5-13(10-20)11-21/h12-13,21H,2-11H2,1H3,(H,18,19,22)/t12-,13+/m1/s1. The molecule has 0 spiro atoms. The molecule has 0 radical (unpaired) electrons. The number of hydrogen-bond acceptors (Lipinski definition) is 4. The molecule has 6 heteroatoms. The van der Waals surface area contributed by atoms with E-state index in [9.17, 15) is 9.90 Å². The van der Waals surface area contributed by atoms with Crippen molar-refractivity contribution in [2.45, 2.75) is 51.9 Å². The van der Waals surface area contributed by atoms with E-state index in [0.29, 0.717) is 6.54 Å². The van der Waals surface area contributed by atoms with Gasteiger partial charge in [-0.1, -0.05) is 19.8 Å². The number of piperidine rings is 1. The van der Waals surface area contributed by atoms with Crippen LogP contribution in [0.4, 0.5) is 9.93 Å². The number of likely N-dealkylation sites (tertiary alicyclic amines) is 1. The number of carbonyl (C=O) groups excluding carboxylic acids is 1. The van der Waals surface area contributed by atoms with Crippen LogP contribution in [0, 0.1) is 11.8 Å². The molecule has 1 aliphatic heterocycles. The number of rotatable bonds is 4. The Hall–Kier alpha value is -1.14. The molecule has 0 unspecified atom stereocenters. The van der Waals surface area contributed by atoms with Gasteiger partial charge in [0.1, 0.15) is 0 Å². The van der Waals surface area contributed by atoms with Gasteiger partial charge in [-0.05, 0) is 43.9 Å². The maximum atomic E-state index is 12.4. The molecule has 2 heterocycles. The topological polar surface area (TPSA) is 65.5 Å². The van der Waals surface area contributed by atoms with Crippen molar-refractivity contribution < 1.29 is 9.90 Å². The van der Waals surface area contributed by atoms with Crippen LogP contribution in [0.25, 0.3) is 0 Å². The Morgan fingerprint density at radius 1 is 1.43 bits per heavy atom. The maximum absolute atomic E-state index is 12.4. The Morgan fingerprint density at radius 2 is 2.30 bits per heavy atom. The van der Waals surface area contributed by atoms with E-state index in [4.69, 9.17) is 0 Å². The third-order valence-corrected chi connectivity index (χ3v) is 6.05. The van der Waals surface area contributed by atoms with E-state index in [1.54, 1.807) is 11.3 Å². The summed E-state index contributed by atoms with van der Waals surface area (Å²) in [6, 6.07) is -0.0700. The zero-order chi connectivity index (χ0) is 16.2. The van der Waals surface area contributed by atoms with E-state index in [1.807, 2.05) is 4.90 Å². The molecule has 1 aromatic heterocycles. The summed E-state index contributed by atoms with van der Waals surface area (Å²) in [7, 11) is 0. The highest BCUT2D eigenvalue weighted by atomic mass is 32.1. The largest absolute Gasteiger partial charge is 0.396 e. The fourth-order valence-electron chi connectivity index (χ4n) is 3.72. The summed E-state index contributed by atoms with van der Waals surface area (Å²) in [5, 5.41) is 13.0. The van der Waals surface area contributed by atoms with Gasteiger partial charge in [-0.25, -0.2) is 9.78 Å². The van der Waals surface area contributed by atoms with E-state index < -0.39 is 0 Å². The first-order chi connectivity index (χ1) is 11.2. The number of aliphatic hydroxyl groups is 1. The van der Waals surface area contributed by atoms with Gasteiger partial charge in [-0.2, -0.15) is 0 Å². The van der Waals surface area contributed by atoms with Crippen LogP contribution in [-0.4, -0.2) is 40.7 Å². The fraction of sp³-hybridized carbons (Fsp3) is 0.765. The number of nitrogens with one attached hydrogen (secondary N) is 1. The third-order valence-electron chi connectivity index (χ3n) is 5.02. The lowest BCUT2D eigenvalue weighted by atomic mass is 9.88. The summed E-state index contributed by atoms with van der Waals surface area (Å²) in [5.74, 6) is 0.998. The van der Waals surface area contributed by atoms with E-state index >= 15 is 0 Å². The van der Waals surface area contributed by atoms with E-state index in [-0.39, 0.29) is 18.6 Å². The van der Waals surface area contributed by atoms with Crippen LogP contribution in [0.5, 0.6) is 0 Å². The number of anilines is 1. The molecule has 0 bridgehead atoms. The Balaban J connectivity index is 1.59. The van der Waals surface area contributed by atoms with Crippen molar-refractivity contribution in [2.24, 2.45) is 11.8 Å². The Morgan fingerprint density at radius 3 is 3.09 bits per heavy atom. The van der Waals surface area contributed by atoms with Crippen LogP contribution in [0.1, 0.15) is 49.6 Å². The van der Waals surface area contributed by atoms with Crippen LogP contribution in [0.2, 0.25) is 0 Å². The average Bonchev–Trinajstić information content (AvgIpc) is 2.96. The Kier molecular flexibility index (Phi) is 5.54. The highest BCUT2D eigenvalue weighted by molar-refractivity contribution is 7.15. The third kappa shape index (κ3) is 4.04. The van der Waals surface area contributed by atoms with Crippen molar-refractivity contribution in [1.29, 1.82) is 0 Å². The first kappa shape index (κ1) is 16.7. The van der Waals surface area contributed by atoms with Crippen LogP contribution in [0.15, 0.2) is 0 Å². The summed E-state index contributed by atoms with van der Waals surface area (Å²) in [4.78, 5) is 20.2. The van der Waals surface area contributed by atoms with Gasteiger partial charge in [0.25, 0.3) is 0 Å². The number of urea groups is 1. The molecular formula is C17H27N3O2S. The molecule has 2 atom stereocenters. The average molecular weight is 337 g/mol.